The number of aryl methyl sites for hydroxylation is 2. The Kier molecular flexibility index (Phi) is 5.01. The lowest BCUT2D eigenvalue weighted by Crippen LogP contribution is -2.23. The van der Waals surface area contributed by atoms with E-state index in [9.17, 15) is 0 Å². The van der Waals surface area contributed by atoms with E-state index in [0.29, 0.717) is 5.92 Å². The van der Waals surface area contributed by atoms with Gasteiger partial charge in [0.25, 0.3) is 0 Å². The van der Waals surface area contributed by atoms with Crippen LogP contribution in [0.15, 0.2) is 28.9 Å². The zero-order valence-corrected chi connectivity index (χ0v) is 13.0. The van der Waals surface area contributed by atoms with Crippen molar-refractivity contribution in [3.05, 3.63) is 41.6 Å². The average Bonchev–Trinajstić information content (AvgIpc) is 3.02. The molecule has 0 aliphatic rings. The van der Waals surface area contributed by atoms with Crippen LogP contribution in [0, 0.1) is 6.92 Å². The number of likely N-dealkylation sites (N-methyl/N-ethyl adjacent to an activating group) is 1. The summed E-state index contributed by atoms with van der Waals surface area (Å²) >= 11 is 0. The summed E-state index contributed by atoms with van der Waals surface area (Å²) in [6.45, 7) is 6.38. The highest BCUT2D eigenvalue weighted by molar-refractivity contribution is 5.09. The molecule has 0 aliphatic carbocycles. The van der Waals surface area contributed by atoms with Crippen LogP contribution in [0.1, 0.15) is 36.3 Å². The molecule has 0 radical (unpaired) electrons. The molecule has 0 aromatic carbocycles. The molecule has 20 heavy (non-hydrogen) atoms. The van der Waals surface area contributed by atoms with E-state index >= 15 is 0 Å². The largest absolute Gasteiger partial charge is 0.466 e. The van der Waals surface area contributed by atoms with Crippen molar-refractivity contribution in [2.24, 2.45) is 7.05 Å². The Labute approximate surface area is 121 Å². The molecule has 0 saturated heterocycles. The molecule has 0 saturated carbocycles. The molecule has 2 aromatic rings. The molecule has 4 nitrogen and oxygen atoms in total. The van der Waals surface area contributed by atoms with Gasteiger partial charge in [-0.15, -0.1) is 0 Å². The SMILES string of the molecule is Cc1ccc([C@@H](C)CCN(C)CCc2cnn(C)c2)o1. The molecular weight excluding hydrogens is 250 g/mol. The van der Waals surface area contributed by atoms with E-state index in [2.05, 4.69) is 36.2 Å². The molecule has 0 fully saturated rings. The summed E-state index contributed by atoms with van der Waals surface area (Å²) < 4.78 is 7.54. The Morgan fingerprint density at radius 1 is 1.35 bits per heavy atom. The maximum absolute atomic E-state index is 5.68. The van der Waals surface area contributed by atoms with Crippen LogP contribution in [0.25, 0.3) is 0 Å². The van der Waals surface area contributed by atoms with Crippen LogP contribution in [0.5, 0.6) is 0 Å². The first-order valence-electron chi connectivity index (χ1n) is 7.27. The Morgan fingerprint density at radius 2 is 2.15 bits per heavy atom. The van der Waals surface area contributed by atoms with Crippen LogP contribution in [-0.4, -0.2) is 34.8 Å². The molecule has 2 rings (SSSR count). The van der Waals surface area contributed by atoms with E-state index < -0.39 is 0 Å². The van der Waals surface area contributed by atoms with Crippen LogP contribution in [0.4, 0.5) is 0 Å². The predicted molar refractivity (Wildman–Crippen MR) is 80.9 cm³/mol. The number of furan rings is 1. The van der Waals surface area contributed by atoms with E-state index in [-0.39, 0.29) is 0 Å². The van der Waals surface area contributed by atoms with Crippen molar-refractivity contribution in [2.75, 3.05) is 20.1 Å². The standard InChI is InChI=1S/C16H25N3O/c1-13(16-6-5-14(2)20-16)7-9-18(3)10-8-15-11-17-19(4)12-15/h5-6,11-13H,7-10H2,1-4H3/t13-/m0/s1. The fourth-order valence-electron chi connectivity index (χ4n) is 2.31. The van der Waals surface area contributed by atoms with Crippen molar-refractivity contribution in [2.45, 2.75) is 32.6 Å². The highest BCUT2D eigenvalue weighted by atomic mass is 16.3. The van der Waals surface area contributed by atoms with Crippen LogP contribution in [0.3, 0.4) is 0 Å². The number of nitrogens with zero attached hydrogens (tertiary/aromatic N) is 3. The van der Waals surface area contributed by atoms with Gasteiger partial charge in [-0.3, -0.25) is 4.68 Å². The number of aromatic nitrogens is 2. The van der Waals surface area contributed by atoms with E-state index in [0.717, 1.165) is 37.5 Å². The second kappa shape index (κ2) is 6.75. The van der Waals surface area contributed by atoms with E-state index in [1.54, 1.807) is 0 Å². The molecule has 1 atom stereocenters. The van der Waals surface area contributed by atoms with Crippen LogP contribution in [-0.2, 0) is 13.5 Å². The molecule has 0 N–H and O–H groups in total. The van der Waals surface area contributed by atoms with Crippen molar-refractivity contribution in [1.82, 2.24) is 14.7 Å². The van der Waals surface area contributed by atoms with Crippen LogP contribution < -0.4 is 0 Å². The Hall–Kier alpha value is -1.55. The molecule has 2 aromatic heterocycles. The average molecular weight is 275 g/mol. The third-order valence-corrected chi connectivity index (χ3v) is 3.73. The summed E-state index contributed by atoms with van der Waals surface area (Å²) in [5.74, 6) is 2.57. The fourth-order valence-corrected chi connectivity index (χ4v) is 2.31. The molecule has 2 heterocycles. The van der Waals surface area contributed by atoms with Crippen LogP contribution in [0.2, 0.25) is 0 Å². The number of rotatable bonds is 7. The zero-order chi connectivity index (χ0) is 14.5. The van der Waals surface area contributed by atoms with Gasteiger partial charge in [0.15, 0.2) is 0 Å². The van der Waals surface area contributed by atoms with Gasteiger partial charge in [0.05, 0.1) is 6.20 Å². The maximum atomic E-state index is 5.68. The molecule has 4 heteroatoms. The van der Waals surface area contributed by atoms with Gasteiger partial charge >= 0.3 is 0 Å². The number of hydrogen-bond donors (Lipinski definition) is 0. The summed E-state index contributed by atoms with van der Waals surface area (Å²) in [6.07, 6.45) is 6.21. The van der Waals surface area contributed by atoms with E-state index in [4.69, 9.17) is 4.42 Å². The number of hydrogen-bond acceptors (Lipinski definition) is 3. The topological polar surface area (TPSA) is 34.2 Å². The van der Waals surface area contributed by atoms with Gasteiger partial charge in [-0.25, -0.2) is 0 Å². The molecule has 0 bridgehead atoms. The summed E-state index contributed by atoms with van der Waals surface area (Å²) in [5, 5.41) is 4.20. The van der Waals surface area contributed by atoms with Crippen LogP contribution >= 0.6 is 0 Å². The van der Waals surface area contributed by atoms with E-state index in [1.165, 1.54) is 5.56 Å². The van der Waals surface area contributed by atoms with Crippen molar-refractivity contribution in [1.29, 1.82) is 0 Å². The van der Waals surface area contributed by atoms with Gasteiger partial charge < -0.3 is 9.32 Å². The predicted octanol–water partition coefficient (Wildman–Crippen LogP) is 2.99. The van der Waals surface area contributed by atoms with Crippen molar-refractivity contribution in [3.63, 3.8) is 0 Å². The first kappa shape index (κ1) is 14.9. The minimum atomic E-state index is 0.476. The second-order valence-electron chi connectivity index (χ2n) is 5.71. The van der Waals surface area contributed by atoms with Crippen molar-refractivity contribution >= 4 is 0 Å². The van der Waals surface area contributed by atoms with Gasteiger partial charge in [0, 0.05) is 25.7 Å². The molecule has 0 aliphatic heterocycles. The summed E-state index contributed by atoms with van der Waals surface area (Å²) in [5.41, 5.74) is 1.30. The lowest BCUT2D eigenvalue weighted by molar-refractivity contribution is 0.315. The normalized spacial score (nSPS) is 13.1. The first-order valence-corrected chi connectivity index (χ1v) is 7.27. The summed E-state index contributed by atoms with van der Waals surface area (Å²) in [6, 6.07) is 4.13. The minimum Gasteiger partial charge on any atom is -0.466 e. The monoisotopic (exact) mass is 275 g/mol. The maximum Gasteiger partial charge on any atom is 0.107 e. The summed E-state index contributed by atoms with van der Waals surface area (Å²) in [7, 11) is 4.14. The molecule has 0 unspecified atom stereocenters. The molecule has 110 valence electrons. The van der Waals surface area contributed by atoms with Gasteiger partial charge in [0.2, 0.25) is 0 Å². The Bertz CT molecular complexity index is 529. The Morgan fingerprint density at radius 3 is 2.75 bits per heavy atom. The second-order valence-corrected chi connectivity index (χ2v) is 5.71. The molecule has 0 amide bonds. The molecular formula is C16H25N3O. The minimum absolute atomic E-state index is 0.476. The third-order valence-electron chi connectivity index (χ3n) is 3.73. The van der Waals surface area contributed by atoms with Gasteiger partial charge in [-0.2, -0.15) is 5.10 Å². The quantitative estimate of drug-likeness (QED) is 0.779. The highest BCUT2D eigenvalue weighted by Crippen LogP contribution is 2.21. The third kappa shape index (κ3) is 4.23. The fraction of sp³-hybridized carbons (Fsp3) is 0.562. The van der Waals surface area contributed by atoms with E-state index in [1.807, 2.05) is 30.9 Å². The van der Waals surface area contributed by atoms with Gasteiger partial charge in [0.1, 0.15) is 11.5 Å². The van der Waals surface area contributed by atoms with Gasteiger partial charge in [-0.05, 0) is 51.1 Å². The lowest BCUT2D eigenvalue weighted by Gasteiger charge is -2.18. The summed E-state index contributed by atoms with van der Waals surface area (Å²) in [4.78, 5) is 2.37. The first-order chi connectivity index (χ1) is 9.54. The smallest absolute Gasteiger partial charge is 0.107 e. The van der Waals surface area contributed by atoms with Gasteiger partial charge in [-0.1, -0.05) is 6.92 Å². The molecule has 0 spiro atoms. The zero-order valence-electron chi connectivity index (χ0n) is 13.0. The van der Waals surface area contributed by atoms with Crippen molar-refractivity contribution in [3.8, 4) is 0 Å². The lowest BCUT2D eigenvalue weighted by atomic mass is 10.1. The van der Waals surface area contributed by atoms with Crippen molar-refractivity contribution < 1.29 is 4.42 Å². The Balaban J connectivity index is 1.70. The highest BCUT2D eigenvalue weighted by Gasteiger charge is 2.10.